The number of carbonyl (C=O) groups excluding carboxylic acids is 1. The van der Waals surface area contributed by atoms with Crippen molar-refractivity contribution in [3.05, 3.63) is 23.8 Å². The quantitative estimate of drug-likeness (QED) is 0.898. The number of carbonyl (C=O) groups is 1. The fourth-order valence-corrected chi connectivity index (χ4v) is 3.28. The monoisotopic (exact) mass is 347 g/mol. The van der Waals surface area contributed by atoms with Gasteiger partial charge in [-0.15, -0.1) is 0 Å². The van der Waals surface area contributed by atoms with Gasteiger partial charge in [-0.2, -0.15) is 0 Å². The summed E-state index contributed by atoms with van der Waals surface area (Å²) in [6.45, 7) is 7.87. The Kier molecular flexibility index (Phi) is 6.15. The van der Waals surface area contributed by atoms with Crippen LogP contribution in [0.25, 0.3) is 0 Å². The predicted octanol–water partition coefficient (Wildman–Crippen LogP) is 1.66. The fourth-order valence-electron chi connectivity index (χ4n) is 3.28. The van der Waals surface area contributed by atoms with E-state index in [0.717, 1.165) is 56.1 Å². The molecule has 1 aromatic carbocycles. The molecule has 0 aromatic heterocycles. The number of fused-ring (bicyclic) bond motifs is 1. The van der Waals surface area contributed by atoms with Crippen LogP contribution in [-0.2, 0) is 4.79 Å². The SMILES string of the molecule is C[C@@H](NC(=O)CN1CCCN(C)CC1)c1ccc2c(c1)OCCCO2. The van der Waals surface area contributed by atoms with Gasteiger partial charge in [0.1, 0.15) is 0 Å². The molecule has 2 aliphatic heterocycles. The van der Waals surface area contributed by atoms with Gasteiger partial charge in [-0.1, -0.05) is 6.07 Å². The lowest BCUT2D eigenvalue weighted by molar-refractivity contribution is -0.122. The van der Waals surface area contributed by atoms with E-state index < -0.39 is 0 Å². The van der Waals surface area contributed by atoms with E-state index in [9.17, 15) is 4.79 Å². The lowest BCUT2D eigenvalue weighted by atomic mass is 10.1. The second-order valence-electron chi connectivity index (χ2n) is 6.98. The van der Waals surface area contributed by atoms with Gasteiger partial charge < -0.3 is 19.7 Å². The fraction of sp³-hybridized carbons (Fsp3) is 0.632. The van der Waals surface area contributed by atoms with Crippen molar-refractivity contribution in [3.63, 3.8) is 0 Å². The summed E-state index contributed by atoms with van der Waals surface area (Å²) in [6.07, 6.45) is 2.00. The van der Waals surface area contributed by atoms with Crippen LogP contribution in [0.3, 0.4) is 0 Å². The van der Waals surface area contributed by atoms with E-state index in [1.165, 1.54) is 0 Å². The number of rotatable bonds is 4. The smallest absolute Gasteiger partial charge is 0.234 e. The number of hydrogen-bond acceptors (Lipinski definition) is 5. The maximum Gasteiger partial charge on any atom is 0.234 e. The summed E-state index contributed by atoms with van der Waals surface area (Å²) in [6, 6.07) is 5.86. The van der Waals surface area contributed by atoms with Crippen molar-refractivity contribution in [3.8, 4) is 11.5 Å². The molecule has 2 aliphatic rings. The minimum absolute atomic E-state index is 0.0562. The molecule has 138 valence electrons. The Morgan fingerprint density at radius 1 is 1.12 bits per heavy atom. The van der Waals surface area contributed by atoms with Crippen molar-refractivity contribution in [1.29, 1.82) is 0 Å². The normalized spacial score (nSPS) is 20.4. The second kappa shape index (κ2) is 8.54. The van der Waals surface area contributed by atoms with E-state index in [0.29, 0.717) is 19.8 Å². The summed E-state index contributed by atoms with van der Waals surface area (Å²) in [5.74, 6) is 1.63. The molecule has 1 aromatic rings. The molecule has 1 N–H and O–H groups in total. The van der Waals surface area contributed by atoms with Crippen molar-refractivity contribution in [1.82, 2.24) is 15.1 Å². The third kappa shape index (κ3) is 5.09. The van der Waals surface area contributed by atoms with Crippen molar-refractivity contribution < 1.29 is 14.3 Å². The third-order valence-electron chi connectivity index (χ3n) is 4.83. The number of nitrogens with zero attached hydrogens (tertiary/aromatic N) is 2. The number of ether oxygens (including phenoxy) is 2. The highest BCUT2D eigenvalue weighted by molar-refractivity contribution is 5.78. The summed E-state index contributed by atoms with van der Waals surface area (Å²) in [7, 11) is 2.13. The Morgan fingerprint density at radius 3 is 2.76 bits per heavy atom. The Labute approximate surface area is 150 Å². The first kappa shape index (κ1) is 18.0. The van der Waals surface area contributed by atoms with Gasteiger partial charge in [0.05, 0.1) is 25.8 Å². The zero-order chi connectivity index (χ0) is 17.6. The van der Waals surface area contributed by atoms with Crippen LogP contribution in [0.15, 0.2) is 18.2 Å². The van der Waals surface area contributed by atoms with Crippen molar-refractivity contribution in [2.75, 3.05) is 53.0 Å². The number of amides is 1. The molecule has 25 heavy (non-hydrogen) atoms. The van der Waals surface area contributed by atoms with E-state index in [1.807, 2.05) is 25.1 Å². The average molecular weight is 347 g/mol. The highest BCUT2D eigenvalue weighted by Gasteiger charge is 2.18. The zero-order valence-corrected chi connectivity index (χ0v) is 15.3. The highest BCUT2D eigenvalue weighted by Crippen LogP contribution is 2.32. The van der Waals surface area contributed by atoms with Gasteiger partial charge in [0.15, 0.2) is 11.5 Å². The molecule has 0 spiro atoms. The minimum atomic E-state index is -0.0562. The van der Waals surface area contributed by atoms with Gasteiger partial charge in [-0.3, -0.25) is 9.69 Å². The van der Waals surface area contributed by atoms with Crippen LogP contribution >= 0.6 is 0 Å². The van der Waals surface area contributed by atoms with Crippen LogP contribution in [0.2, 0.25) is 0 Å². The summed E-state index contributed by atoms with van der Waals surface area (Å²) in [5.41, 5.74) is 1.04. The van der Waals surface area contributed by atoms with Gasteiger partial charge in [-0.25, -0.2) is 0 Å². The molecule has 3 rings (SSSR count). The van der Waals surface area contributed by atoms with E-state index >= 15 is 0 Å². The summed E-state index contributed by atoms with van der Waals surface area (Å²) in [4.78, 5) is 17.0. The van der Waals surface area contributed by atoms with Gasteiger partial charge >= 0.3 is 0 Å². The highest BCUT2D eigenvalue weighted by atomic mass is 16.5. The number of benzene rings is 1. The summed E-state index contributed by atoms with van der Waals surface area (Å²) < 4.78 is 11.4. The van der Waals surface area contributed by atoms with Crippen LogP contribution in [0.1, 0.15) is 31.4 Å². The number of nitrogens with one attached hydrogen (secondary N) is 1. The van der Waals surface area contributed by atoms with E-state index in [2.05, 4.69) is 22.2 Å². The molecule has 1 amide bonds. The number of likely N-dealkylation sites (N-methyl/N-ethyl adjacent to an activating group) is 1. The zero-order valence-electron chi connectivity index (χ0n) is 15.3. The molecule has 1 fully saturated rings. The largest absolute Gasteiger partial charge is 0.490 e. The standard InChI is InChI=1S/C19H29N3O3/c1-15(16-5-6-17-18(13-16)25-12-4-11-24-17)20-19(23)14-22-8-3-7-21(2)9-10-22/h5-6,13,15H,3-4,7-12,14H2,1-2H3,(H,20,23)/t15-/m1/s1. The molecule has 0 radical (unpaired) electrons. The average Bonchev–Trinajstić information content (AvgIpc) is 2.94. The third-order valence-corrected chi connectivity index (χ3v) is 4.83. The summed E-state index contributed by atoms with van der Waals surface area (Å²) in [5, 5.41) is 3.11. The first-order chi connectivity index (χ1) is 12.1. The van der Waals surface area contributed by atoms with Gasteiger partial charge in [0.25, 0.3) is 0 Å². The number of hydrogen-bond donors (Lipinski definition) is 1. The molecule has 0 aliphatic carbocycles. The Balaban J connectivity index is 1.55. The van der Waals surface area contributed by atoms with Crippen molar-refractivity contribution >= 4 is 5.91 Å². The molecular formula is C19H29N3O3. The lowest BCUT2D eigenvalue weighted by Gasteiger charge is -2.22. The van der Waals surface area contributed by atoms with Gasteiger partial charge in [0, 0.05) is 19.5 Å². The summed E-state index contributed by atoms with van der Waals surface area (Å²) >= 11 is 0. The Morgan fingerprint density at radius 2 is 1.92 bits per heavy atom. The first-order valence-electron chi connectivity index (χ1n) is 9.21. The molecule has 6 nitrogen and oxygen atoms in total. The lowest BCUT2D eigenvalue weighted by Crippen LogP contribution is -2.39. The van der Waals surface area contributed by atoms with E-state index in [4.69, 9.17) is 9.47 Å². The van der Waals surface area contributed by atoms with E-state index in [1.54, 1.807) is 0 Å². The molecule has 1 saturated heterocycles. The van der Waals surface area contributed by atoms with Gasteiger partial charge in [-0.05, 0) is 51.2 Å². The molecule has 6 heteroatoms. The molecule has 1 atom stereocenters. The molecule has 0 bridgehead atoms. The minimum Gasteiger partial charge on any atom is -0.490 e. The molecule has 2 heterocycles. The maximum absolute atomic E-state index is 12.4. The van der Waals surface area contributed by atoms with Crippen LogP contribution in [0.4, 0.5) is 0 Å². The van der Waals surface area contributed by atoms with Crippen LogP contribution in [0, 0.1) is 0 Å². The maximum atomic E-state index is 12.4. The van der Waals surface area contributed by atoms with Crippen LogP contribution < -0.4 is 14.8 Å². The Bertz CT molecular complexity index is 593. The van der Waals surface area contributed by atoms with Crippen molar-refractivity contribution in [2.24, 2.45) is 0 Å². The molecular weight excluding hydrogens is 318 g/mol. The molecule has 0 unspecified atom stereocenters. The van der Waals surface area contributed by atoms with Crippen molar-refractivity contribution in [2.45, 2.75) is 25.8 Å². The Hall–Kier alpha value is -1.79. The first-order valence-corrected chi connectivity index (χ1v) is 9.21. The van der Waals surface area contributed by atoms with Crippen LogP contribution in [0.5, 0.6) is 11.5 Å². The van der Waals surface area contributed by atoms with E-state index in [-0.39, 0.29) is 11.9 Å². The molecule has 0 saturated carbocycles. The van der Waals surface area contributed by atoms with Crippen LogP contribution in [-0.4, -0.2) is 68.7 Å². The van der Waals surface area contributed by atoms with Gasteiger partial charge in [0.2, 0.25) is 5.91 Å². The second-order valence-corrected chi connectivity index (χ2v) is 6.98. The predicted molar refractivity (Wildman–Crippen MR) is 97.2 cm³/mol. The topological polar surface area (TPSA) is 54.0 Å².